The Bertz CT molecular complexity index is 195. The maximum Gasteiger partial charge on any atom is 0.239 e. The molecule has 0 aromatic carbocycles. The van der Waals surface area contributed by atoms with Crippen LogP contribution in [0, 0.1) is 0 Å². The SMILES string of the molecule is C/C=C/OC(CCCCCCCCC)O/C=C/C. The fourth-order valence-electron chi connectivity index (χ4n) is 1.77. The van der Waals surface area contributed by atoms with Gasteiger partial charge >= 0.3 is 0 Å². The molecule has 0 aromatic rings. The molecule has 0 saturated carbocycles. The van der Waals surface area contributed by atoms with Crippen molar-refractivity contribution < 1.29 is 9.47 Å². The Morgan fingerprint density at radius 3 is 1.78 bits per heavy atom. The molecule has 0 bridgehead atoms. The fraction of sp³-hybridized carbons (Fsp3) is 0.750. The van der Waals surface area contributed by atoms with Crippen LogP contribution >= 0.6 is 0 Å². The molecule has 0 amide bonds. The molecule has 0 atom stereocenters. The Kier molecular flexibility index (Phi) is 13.4. The monoisotopic (exact) mass is 254 g/mol. The Morgan fingerprint density at radius 1 is 0.778 bits per heavy atom. The van der Waals surface area contributed by atoms with Gasteiger partial charge in [-0.2, -0.15) is 0 Å². The molecule has 0 spiro atoms. The van der Waals surface area contributed by atoms with Crippen LogP contribution in [0.5, 0.6) is 0 Å². The van der Waals surface area contributed by atoms with E-state index in [1.54, 1.807) is 12.5 Å². The van der Waals surface area contributed by atoms with Gasteiger partial charge in [-0.15, -0.1) is 0 Å². The summed E-state index contributed by atoms with van der Waals surface area (Å²) in [4.78, 5) is 0. The van der Waals surface area contributed by atoms with Crippen molar-refractivity contribution in [3.05, 3.63) is 24.7 Å². The van der Waals surface area contributed by atoms with Gasteiger partial charge in [-0.3, -0.25) is 0 Å². The minimum atomic E-state index is -0.131. The van der Waals surface area contributed by atoms with E-state index in [2.05, 4.69) is 6.92 Å². The predicted molar refractivity (Wildman–Crippen MR) is 78.2 cm³/mol. The van der Waals surface area contributed by atoms with Crippen LogP contribution in [-0.2, 0) is 9.47 Å². The summed E-state index contributed by atoms with van der Waals surface area (Å²) < 4.78 is 11.0. The van der Waals surface area contributed by atoms with E-state index in [0.717, 1.165) is 6.42 Å². The number of hydrogen-bond donors (Lipinski definition) is 0. The van der Waals surface area contributed by atoms with Crippen molar-refractivity contribution >= 4 is 0 Å². The second-order valence-corrected chi connectivity index (χ2v) is 4.55. The smallest absolute Gasteiger partial charge is 0.239 e. The summed E-state index contributed by atoms with van der Waals surface area (Å²) in [6, 6.07) is 0. The molecule has 0 aliphatic rings. The van der Waals surface area contributed by atoms with E-state index in [-0.39, 0.29) is 6.29 Å². The van der Waals surface area contributed by atoms with Gasteiger partial charge in [0.2, 0.25) is 6.29 Å². The zero-order chi connectivity index (χ0) is 13.5. The first-order chi connectivity index (χ1) is 8.85. The highest BCUT2D eigenvalue weighted by atomic mass is 16.7. The number of rotatable bonds is 12. The second-order valence-electron chi connectivity index (χ2n) is 4.55. The minimum absolute atomic E-state index is 0.131. The summed E-state index contributed by atoms with van der Waals surface area (Å²) in [7, 11) is 0. The van der Waals surface area contributed by atoms with Crippen molar-refractivity contribution in [3.63, 3.8) is 0 Å². The largest absolute Gasteiger partial charge is 0.463 e. The lowest BCUT2D eigenvalue weighted by Crippen LogP contribution is -2.11. The summed E-state index contributed by atoms with van der Waals surface area (Å²) in [6.07, 6.45) is 17.2. The molecule has 2 nitrogen and oxygen atoms in total. The van der Waals surface area contributed by atoms with Crippen molar-refractivity contribution in [1.29, 1.82) is 0 Å². The van der Waals surface area contributed by atoms with Crippen LogP contribution in [0.15, 0.2) is 24.7 Å². The van der Waals surface area contributed by atoms with Gasteiger partial charge in [0.05, 0.1) is 12.5 Å². The summed E-state index contributed by atoms with van der Waals surface area (Å²) in [5.74, 6) is 0. The Balaban J connectivity index is 3.55. The average molecular weight is 254 g/mol. The molecule has 0 heterocycles. The van der Waals surface area contributed by atoms with Gasteiger partial charge in [-0.1, -0.05) is 57.6 Å². The first-order valence-corrected chi connectivity index (χ1v) is 7.38. The lowest BCUT2D eigenvalue weighted by molar-refractivity contribution is -0.0673. The van der Waals surface area contributed by atoms with E-state index in [0.29, 0.717) is 0 Å². The van der Waals surface area contributed by atoms with Gasteiger partial charge in [0, 0.05) is 6.42 Å². The highest BCUT2D eigenvalue weighted by Gasteiger charge is 2.06. The Labute approximate surface area is 113 Å². The molecule has 0 fully saturated rings. The minimum Gasteiger partial charge on any atom is -0.463 e. The van der Waals surface area contributed by atoms with Crippen LogP contribution in [-0.4, -0.2) is 6.29 Å². The topological polar surface area (TPSA) is 18.5 Å². The van der Waals surface area contributed by atoms with Crippen LogP contribution in [0.1, 0.15) is 72.1 Å². The van der Waals surface area contributed by atoms with Crippen molar-refractivity contribution in [1.82, 2.24) is 0 Å². The van der Waals surface area contributed by atoms with Gasteiger partial charge in [-0.05, 0) is 20.3 Å². The second kappa shape index (κ2) is 14.1. The highest BCUT2D eigenvalue weighted by molar-refractivity contribution is 4.70. The summed E-state index contributed by atoms with van der Waals surface area (Å²) in [6.45, 7) is 6.14. The maximum absolute atomic E-state index is 5.48. The van der Waals surface area contributed by atoms with Gasteiger partial charge in [0.15, 0.2) is 0 Å². The lowest BCUT2D eigenvalue weighted by Gasteiger charge is -2.15. The third kappa shape index (κ3) is 11.6. The molecule has 0 radical (unpaired) electrons. The standard InChI is InChI=1S/C16H30O2/c1-4-7-8-9-10-11-12-13-16(17-14-5-2)18-15-6-3/h5-6,14-16H,4,7-13H2,1-3H3/b14-5+,15-6+. The molecule has 2 heteroatoms. The Hall–Kier alpha value is -0.920. The van der Waals surface area contributed by atoms with Gasteiger partial charge in [-0.25, -0.2) is 0 Å². The maximum atomic E-state index is 5.48. The molecule has 0 saturated heterocycles. The van der Waals surface area contributed by atoms with Crippen molar-refractivity contribution in [2.75, 3.05) is 0 Å². The van der Waals surface area contributed by atoms with Crippen molar-refractivity contribution in [2.45, 2.75) is 78.4 Å². The highest BCUT2D eigenvalue weighted by Crippen LogP contribution is 2.12. The molecule has 18 heavy (non-hydrogen) atoms. The zero-order valence-electron chi connectivity index (χ0n) is 12.4. The van der Waals surface area contributed by atoms with E-state index < -0.39 is 0 Å². The van der Waals surface area contributed by atoms with Crippen LogP contribution in [0.25, 0.3) is 0 Å². The molecular formula is C16H30O2. The van der Waals surface area contributed by atoms with Crippen LogP contribution < -0.4 is 0 Å². The zero-order valence-corrected chi connectivity index (χ0v) is 12.4. The molecule has 0 unspecified atom stereocenters. The third-order valence-corrected chi connectivity index (χ3v) is 2.78. The molecular weight excluding hydrogens is 224 g/mol. The van der Waals surface area contributed by atoms with E-state index >= 15 is 0 Å². The molecule has 0 N–H and O–H groups in total. The fourth-order valence-corrected chi connectivity index (χ4v) is 1.77. The number of allylic oxidation sites excluding steroid dienone is 2. The molecule has 0 aliphatic heterocycles. The van der Waals surface area contributed by atoms with Crippen LogP contribution in [0.3, 0.4) is 0 Å². The van der Waals surface area contributed by atoms with E-state index in [9.17, 15) is 0 Å². The van der Waals surface area contributed by atoms with E-state index in [4.69, 9.17) is 9.47 Å². The van der Waals surface area contributed by atoms with Crippen molar-refractivity contribution in [2.24, 2.45) is 0 Å². The molecule has 0 aromatic heterocycles. The number of ether oxygens (including phenoxy) is 2. The van der Waals surface area contributed by atoms with E-state index in [1.807, 2.05) is 26.0 Å². The van der Waals surface area contributed by atoms with Gasteiger partial charge in [0.1, 0.15) is 0 Å². The average Bonchev–Trinajstić information content (AvgIpc) is 2.40. The summed E-state index contributed by atoms with van der Waals surface area (Å²) in [5, 5.41) is 0. The van der Waals surface area contributed by atoms with E-state index in [1.165, 1.54) is 44.9 Å². The molecule has 0 rings (SSSR count). The van der Waals surface area contributed by atoms with Gasteiger partial charge < -0.3 is 9.47 Å². The van der Waals surface area contributed by atoms with Crippen LogP contribution in [0.4, 0.5) is 0 Å². The summed E-state index contributed by atoms with van der Waals surface area (Å²) >= 11 is 0. The normalized spacial score (nSPS) is 11.8. The van der Waals surface area contributed by atoms with Gasteiger partial charge in [0.25, 0.3) is 0 Å². The quantitative estimate of drug-likeness (QED) is 0.258. The number of unbranched alkanes of at least 4 members (excludes halogenated alkanes) is 6. The predicted octanol–water partition coefficient (Wildman–Crippen LogP) is 5.55. The van der Waals surface area contributed by atoms with Crippen molar-refractivity contribution in [3.8, 4) is 0 Å². The lowest BCUT2D eigenvalue weighted by atomic mass is 10.1. The summed E-state index contributed by atoms with van der Waals surface area (Å²) in [5.41, 5.74) is 0. The molecule has 0 aliphatic carbocycles. The first-order valence-electron chi connectivity index (χ1n) is 7.38. The molecule has 106 valence electrons. The number of hydrogen-bond acceptors (Lipinski definition) is 2. The third-order valence-electron chi connectivity index (χ3n) is 2.78. The Morgan fingerprint density at radius 2 is 1.28 bits per heavy atom. The first kappa shape index (κ1) is 17.1. The van der Waals surface area contributed by atoms with Crippen LogP contribution in [0.2, 0.25) is 0 Å².